The largest absolute Gasteiger partial charge is 0.469 e. The van der Waals surface area contributed by atoms with Gasteiger partial charge in [0.25, 0.3) is 0 Å². The number of nitrogens with two attached hydrogens (primary N) is 2. The van der Waals surface area contributed by atoms with Gasteiger partial charge in [0.15, 0.2) is 0 Å². The van der Waals surface area contributed by atoms with Crippen LogP contribution < -0.4 is 11.6 Å². The molecule has 0 bridgehead atoms. The van der Waals surface area contributed by atoms with E-state index in [0.717, 1.165) is 11.4 Å². The molecule has 3 aromatic rings. The molecule has 166 valence electrons. The molecule has 1 aromatic carbocycles. The summed E-state index contributed by atoms with van der Waals surface area (Å²) in [7, 11) is 1.36. The highest BCUT2D eigenvalue weighted by molar-refractivity contribution is 6.37. The van der Waals surface area contributed by atoms with Crippen molar-refractivity contribution in [2.75, 3.05) is 12.8 Å². The maximum Gasteiger partial charge on any atom is 0.305 e. The van der Waals surface area contributed by atoms with E-state index in [9.17, 15) is 4.79 Å². The molecule has 10 heteroatoms. The Kier molecular flexibility index (Phi) is 7.75. The van der Waals surface area contributed by atoms with Crippen molar-refractivity contribution < 1.29 is 9.53 Å². The van der Waals surface area contributed by atoms with Gasteiger partial charge in [0.1, 0.15) is 5.71 Å². The molecule has 0 radical (unpaired) electrons. The third-order valence-electron chi connectivity index (χ3n) is 4.58. The van der Waals surface area contributed by atoms with E-state index in [0.29, 0.717) is 34.6 Å². The molecule has 0 amide bonds. The van der Waals surface area contributed by atoms with Gasteiger partial charge >= 0.3 is 5.97 Å². The topological polar surface area (TPSA) is 166 Å². The van der Waals surface area contributed by atoms with Gasteiger partial charge in [-0.3, -0.25) is 14.8 Å². The SMILES string of the molecule is COC(=O)CCc1cccc(CN=CC(=NN)c2cc(-c3cccc(C#N)c3)nc(N)n2)n1. The number of aliphatic imine (C=N–C) groups is 1. The Balaban J connectivity index is 1.76. The second-order valence-corrected chi connectivity index (χ2v) is 6.87. The van der Waals surface area contributed by atoms with E-state index in [2.05, 4.69) is 35.9 Å². The van der Waals surface area contributed by atoms with Crippen LogP contribution in [0.3, 0.4) is 0 Å². The van der Waals surface area contributed by atoms with Crippen LogP contribution in [0.4, 0.5) is 5.95 Å². The summed E-state index contributed by atoms with van der Waals surface area (Å²) in [6.07, 6.45) is 2.23. The molecule has 0 aliphatic carbocycles. The maximum atomic E-state index is 11.3. The van der Waals surface area contributed by atoms with Crippen molar-refractivity contribution in [2.45, 2.75) is 19.4 Å². The van der Waals surface area contributed by atoms with Crippen LogP contribution in [0.15, 0.2) is 58.6 Å². The molecule has 0 spiro atoms. The van der Waals surface area contributed by atoms with E-state index < -0.39 is 0 Å². The van der Waals surface area contributed by atoms with Gasteiger partial charge in [-0.2, -0.15) is 10.4 Å². The average Bonchev–Trinajstić information content (AvgIpc) is 2.85. The monoisotopic (exact) mass is 442 g/mol. The summed E-state index contributed by atoms with van der Waals surface area (Å²) >= 11 is 0. The number of hydrogen-bond donors (Lipinski definition) is 2. The summed E-state index contributed by atoms with van der Waals surface area (Å²) < 4.78 is 4.66. The second-order valence-electron chi connectivity index (χ2n) is 6.87. The van der Waals surface area contributed by atoms with Gasteiger partial charge in [-0.15, -0.1) is 0 Å². The third-order valence-corrected chi connectivity index (χ3v) is 4.58. The quantitative estimate of drug-likeness (QED) is 0.231. The molecule has 4 N–H and O–H groups in total. The lowest BCUT2D eigenvalue weighted by atomic mass is 10.1. The Morgan fingerprint density at radius 2 is 1.94 bits per heavy atom. The Hall–Kier alpha value is -4.65. The predicted molar refractivity (Wildman–Crippen MR) is 124 cm³/mol. The van der Waals surface area contributed by atoms with Gasteiger partial charge in [-0.1, -0.05) is 18.2 Å². The zero-order valence-electron chi connectivity index (χ0n) is 18.0. The number of rotatable bonds is 8. The first kappa shape index (κ1) is 23.0. The number of ether oxygens (including phenoxy) is 1. The molecule has 0 saturated heterocycles. The standard InChI is InChI=1S/C23H22N8O2/c1-33-22(32)9-8-17-6-3-7-18(28-17)13-27-14-21(31-26)20-11-19(29-23(25)30-20)16-5-2-4-15(10-16)12-24/h2-7,10-11,14H,8-9,13,26H2,1H3,(H2,25,29,30). The number of anilines is 1. The highest BCUT2D eigenvalue weighted by Gasteiger charge is 2.10. The molecule has 33 heavy (non-hydrogen) atoms. The second kappa shape index (κ2) is 11.1. The first-order chi connectivity index (χ1) is 16.0. The number of hydrazone groups is 1. The molecule has 2 heterocycles. The molecule has 0 fully saturated rings. The molecule has 0 unspecified atom stereocenters. The van der Waals surface area contributed by atoms with Crippen molar-refractivity contribution in [1.29, 1.82) is 5.26 Å². The van der Waals surface area contributed by atoms with Gasteiger partial charge in [0.05, 0.1) is 55.0 Å². The number of nitriles is 1. The fourth-order valence-electron chi connectivity index (χ4n) is 2.97. The van der Waals surface area contributed by atoms with Gasteiger partial charge in [0, 0.05) is 17.7 Å². The third kappa shape index (κ3) is 6.41. The van der Waals surface area contributed by atoms with E-state index in [1.54, 1.807) is 24.3 Å². The van der Waals surface area contributed by atoms with Gasteiger partial charge in [-0.25, -0.2) is 9.97 Å². The van der Waals surface area contributed by atoms with E-state index in [1.807, 2.05) is 24.3 Å². The minimum Gasteiger partial charge on any atom is -0.469 e. The van der Waals surface area contributed by atoms with E-state index in [1.165, 1.54) is 13.3 Å². The fourth-order valence-corrected chi connectivity index (χ4v) is 2.97. The number of carbonyl (C=O) groups excluding carboxylic acids is 1. The van der Waals surface area contributed by atoms with Crippen LogP contribution in [-0.2, 0) is 22.5 Å². The van der Waals surface area contributed by atoms with Gasteiger partial charge in [0.2, 0.25) is 5.95 Å². The number of esters is 1. The smallest absolute Gasteiger partial charge is 0.305 e. The van der Waals surface area contributed by atoms with Gasteiger partial charge in [-0.05, 0) is 30.3 Å². The lowest BCUT2D eigenvalue weighted by molar-refractivity contribution is -0.140. The maximum absolute atomic E-state index is 11.3. The predicted octanol–water partition coefficient (Wildman–Crippen LogP) is 2.03. The highest BCUT2D eigenvalue weighted by Crippen LogP contribution is 2.20. The zero-order valence-corrected chi connectivity index (χ0v) is 18.0. The lowest BCUT2D eigenvalue weighted by Gasteiger charge is -2.06. The molecular formula is C23H22N8O2. The van der Waals surface area contributed by atoms with Crippen LogP contribution in [0.2, 0.25) is 0 Å². The van der Waals surface area contributed by atoms with Crippen molar-refractivity contribution >= 4 is 23.8 Å². The van der Waals surface area contributed by atoms with Crippen molar-refractivity contribution in [1.82, 2.24) is 15.0 Å². The van der Waals surface area contributed by atoms with Crippen LogP contribution >= 0.6 is 0 Å². The summed E-state index contributed by atoms with van der Waals surface area (Å²) in [6, 6.07) is 16.3. The number of hydrogen-bond acceptors (Lipinski definition) is 10. The summed E-state index contributed by atoms with van der Waals surface area (Å²) in [5.41, 5.74) is 9.83. The van der Waals surface area contributed by atoms with Crippen LogP contribution in [0.5, 0.6) is 0 Å². The summed E-state index contributed by atoms with van der Waals surface area (Å²) in [6.45, 7) is 0.280. The van der Waals surface area contributed by atoms with Crippen molar-refractivity contribution in [2.24, 2.45) is 15.9 Å². The number of pyridine rings is 1. The minimum atomic E-state index is -0.285. The first-order valence-electron chi connectivity index (χ1n) is 9.97. The van der Waals surface area contributed by atoms with Crippen LogP contribution in [-0.4, -0.2) is 40.0 Å². The van der Waals surface area contributed by atoms with Crippen LogP contribution in [0.1, 0.15) is 29.1 Å². The number of benzene rings is 1. The summed E-state index contributed by atoms with van der Waals surface area (Å²) in [5.74, 6) is 5.32. The van der Waals surface area contributed by atoms with Gasteiger partial charge < -0.3 is 16.3 Å². The van der Waals surface area contributed by atoms with Crippen molar-refractivity contribution in [3.05, 3.63) is 71.2 Å². The first-order valence-corrected chi connectivity index (χ1v) is 9.97. The van der Waals surface area contributed by atoms with Crippen LogP contribution in [0.25, 0.3) is 11.3 Å². The summed E-state index contributed by atoms with van der Waals surface area (Å²) in [5, 5.41) is 12.9. The molecule has 2 aromatic heterocycles. The normalized spacial score (nSPS) is 11.3. The number of aromatic nitrogens is 3. The highest BCUT2D eigenvalue weighted by atomic mass is 16.5. The molecule has 0 aliphatic heterocycles. The Morgan fingerprint density at radius 3 is 2.70 bits per heavy atom. The number of carbonyl (C=O) groups is 1. The fraction of sp³-hybridized carbons (Fsp3) is 0.174. The summed E-state index contributed by atoms with van der Waals surface area (Å²) in [4.78, 5) is 28.6. The molecule has 3 rings (SSSR count). The van der Waals surface area contributed by atoms with Crippen molar-refractivity contribution in [3.8, 4) is 17.3 Å². The van der Waals surface area contributed by atoms with Crippen molar-refractivity contribution in [3.63, 3.8) is 0 Å². The number of methoxy groups -OCH3 is 1. The molecule has 0 saturated carbocycles. The molecule has 10 nitrogen and oxygen atoms in total. The number of nitrogens with zero attached hydrogens (tertiary/aromatic N) is 6. The number of aryl methyl sites for hydroxylation is 1. The average molecular weight is 442 g/mol. The Bertz CT molecular complexity index is 1250. The zero-order chi connectivity index (χ0) is 23.6. The lowest BCUT2D eigenvalue weighted by Crippen LogP contribution is -2.11. The Labute approximate surface area is 190 Å². The van der Waals surface area contributed by atoms with E-state index in [-0.39, 0.29) is 24.9 Å². The van der Waals surface area contributed by atoms with E-state index >= 15 is 0 Å². The minimum absolute atomic E-state index is 0.0411. The number of nitrogen functional groups attached to an aromatic ring is 1. The van der Waals surface area contributed by atoms with Crippen LogP contribution in [0, 0.1) is 11.3 Å². The molecule has 0 atom stereocenters. The van der Waals surface area contributed by atoms with E-state index in [4.69, 9.17) is 16.8 Å². The Morgan fingerprint density at radius 1 is 1.15 bits per heavy atom. The molecular weight excluding hydrogens is 420 g/mol. The molecule has 0 aliphatic rings.